The molecule has 0 saturated heterocycles. The second-order valence-electron chi connectivity index (χ2n) is 5.77. The van der Waals surface area contributed by atoms with Gasteiger partial charge in [0.25, 0.3) is 0 Å². The van der Waals surface area contributed by atoms with Crippen molar-refractivity contribution in [1.29, 1.82) is 0 Å². The van der Waals surface area contributed by atoms with Crippen molar-refractivity contribution in [2.75, 3.05) is 11.9 Å². The van der Waals surface area contributed by atoms with Crippen molar-refractivity contribution in [3.63, 3.8) is 0 Å². The van der Waals surface area contributed by atoms with Crippen LogP contribution in [0.5, 0.6) is 0 Å². The fourth-order valence-electron chi connectivity index (χ4n) is 2.30. The van der Waals surface area contributed by atoms with Crippen LogP contribution < -0.4 is 10.6 Å². The normalized spacial score (nSPS) is 13.6. The van der Waals surface area contributed by atoms with Crippen LogP contribution in [0.25, 0.3) is 0 Å². The molecule has 3 rings (SSSR count). The van der Waals surface area contributed by atoms with E-state index in [0.29, 0.717) is 5.69 Å². The Balaban J connectivity index is 1.43. The highest BCUT2D eigenvalue weighted by atomic mass is 16.2. The molecule has 1 aliphatic rings. The fourth-order valence-corrected chi connectivity index (χ4v) is 2.30. The molecule has 120 valence electrons. The zero-order chi connectivity index (χ0) is 16.1. The molecular weight excluding hydrogens is 292 g/mol. The van der Waals surface area contributed by atoms with Gasteiger partial charge in [-0.05, 0) is 24.8 Å². The second kappa shape index (κ2) is 7.09. The first-order valence-electron chi connectivity index (χ1n) is 7.84. The summed E-state index contributed by atoms with van der Waals surface area (Å²) >= 11 is 0. The largest absolute Gasteiger partial charge is 0.347 e. The van der Waals surface area contributed by atoms with Gasteiger partial charge in [0.1, 0.15) is 0 Å². The third kappa shape index (κ3) is 4.67. The molecule has 1 aliphatic carbocycles. The Morgan fingerprint density at radius 3 is 2.74 bits per heavy atom. The number of aromatic nitrogens is 2. The van der Waals surface area contributed by atoms with E-state index in [-0.39, 0.29) is 24.3 Å². The maximum absolute atomic E-state index is 11.8. The zero-order valence-electron chi connectivity index (χ0n) is 12.9. The van der Waals surface area contributed by atoms with Crippen LogP contribution in [0, 0.1) is 5.92 Å². The molecule has 0 atom stereocenters. The number of anilines is 1. The Bertz CT molecular complexity index is 677. The van der Waals surface area contributed by atoms with Crippen LogP contribution in [0.1, 0.15) is 18.4 Å². The Morgan fingerprint density at radius 1 is 1.22 bits per heavy atom. The number of carbonyl (C=O) groups excluding carboxylic acids is 2. The molecule has 1 heterocycles. The van der Waals surface area contributed by atoms with Crippen LogP contribution in [-0.2, 0) is 22.6 Å². The molecule has 2 aromatic rings. The van der Waals surface area contributed by atoms with Gasteiger partial charge in [0.2, 0.25) is 11.8 Å². The van der Waals surface area contributed by atoms with Crippen molar-refractivity contribution in [2.24, 2.45) is 5.92 Å². The van der Waals surface area contributed by atoms with Gasteiger partial charge in [-0.3, -0.25) is 14.3 Å². The van der Waals surface area contributed by atoms with Gasteiger partial charge < -0.3 is 10.6 Å². The number of rotatable bonds is 7. The van der Waals surface area contributed by atoms with Crippen LogP contribution in [0.15, 0.2) is 42.7 Å². The Morgan fingerprint density at radius 2 is 2.00 bits per heavy atom. The lowest BCUT2D eigenvalue weighted by Crippen LogP contribution is -2.33. The predicted octanol–water partition coefficient (Wildman–Crippen LogP) is 1.59. The van der Waals surface area contributed by atoms with Crippen molar-refractivity contribution in [1.82, 2.24) is 15.1 Å². The van der Waals surface area contributed by atoms with E-state index in [9.17, 15) is 9.59 Å². The zero-order valence-corrected chi connectivity index (χ0v) is 12.9. The monoisotopic (exact) mass is 312 g/mol. The smallest absolute Gasteiger partial charge is 0.243 e. The minimum atomic E-state index is -0.235. The average molecular weight is 312 g/mol. The first-order valence-corrected chi connectivity index (χ1v) is 7.84. The Hall–Kier alpha value is -2.63. The molecule has 23 heavy (non-hydrogen) atoms. The highest BCUT2D eigenvalue weighted by Gasteiger charge is 2.29. The van der Waals surface area contributed by atoms with Gasteiger partial charge in [-0.15, -0.1) is 0 Å². The van der Waals surface area contributed by atoms with E-state index in [4.69, 9.17) is 0 Å². The number of hydrogen-bond acceptors (Lipinski definition) is 3. The molecule has 0 radical (unpaired) electrons. The molecule has 1 aromatic carbocycles. The molecule has 1 fully saturated rings. The van der Waals surface area contributed by atoms with E-state index in [1.807, 2.05) is 18.2 Å². The molecule has 2 N–H and O–H groups in total. The third-order valence-corrected chi connectivity index (χ3v) is 3.76. The molecule has 0 bridgehead atoms. The molecule has 0 spiro atoms. The lowest BCUT2D eigenvalue weighted by Gasteiger charge is -2.04. The van der Waals surface area contributed by atoms with Crippen molar-refractivity contribution >= 4 is 17.5 Å². The highest BCUT2D eigenvalue weighted by molar-refractivity contribution is 5.94. The maximum Gasteiger partial charge on any atom is 0.243 e. The van der Waals surface area contributed by atoms with Gasteiger partial charge in [0, 0.05) is 18.7 Å². The van der Waals surface area contributed by atoms with Gasteiger partial charge in [-0.25, -0.2) is 0 Å². The number of benzene rings is 1. The predicted molar refractivity (Wildman–Crippen MR) is 86.7 cm³/mol. The van der Waals surface area contributed by atoms with E-state index >= 15 is 0 Å². The molecule has 6 heteroatoms. The number of amides is 2. The van der Waals surface area contributed by atoms with Crippen molar-refractivity contribution < 1.29 is 9.59 Å². The summed E-state index contributed by atoms with van der Waals surface area (Å²) in [6.45, 7) is 0.753. The van der Waals surface area contributed by atoms with E-state index in [1.54, 1.807) is 17.1 Å². The maximum atomic E-state index is 11.8. The third-order valence-electron chi connectivity index (χ3n) is 3.76. The number of hydrogen-bond donors (Lipinski definition) is 2. The van der Waals surface area contributed by atoms with E-state index in [1.165, 1.54) is 5.56 Å². The first kappa shape index (κ1) is 15.3. The van der Waals surface area contributed by atoms with Gasteiger partial charge in [0.05, 0.1) is 18.4 Å². The minimum Gasteiger partial charge on any atom is -0.347 e. The van der Waals surface area contributed by atoms with Crippen LogP contribution in [0.4, 0.5) is 5.69 Å². The minimum absolute atomic E-state index is 0.00449. The van der Waals surface area contributed by atoms with E-state index < -0.39 is 0 Å². The summed E-state index contributed by atoms with van der Waals surface area (Å²) in [6.07, 6.45) is 6.16. The number of nitrogens with zero attached hydrogens (tertiary/aromatic N) is 2. The SMILES string of the molecule is O=C(CNC(=O)C1CC1)Nc1cnn(CCc2ccccc2)c1. The standard InChI is InChI=1S/C17H20N4O2/c22-16(11-18-17(23)14-6-7-14)20-15-10-19-21(12-15)9-8-13-4-2-1-3-5-13/h1-5,10,12,14H,6-9,11H2,(H,18,23)(H,20,22). The molecule has 1 saturated carbocycles. The molecule has 2 amide bonds. The van der Waals surface area contributed by atoms with Crippen LogP contribution in [0.3, 0.4) is 0 Å². The van der Waals surface area contributed by atoms with Crippen molar-refractivity contribution in [2.45, 2.75) is 25.8 Å². The van der Waals surface area contributed by atoms with Crippen LogP contribution >= 0.6 is 0 Å². The lowest BCUT2D eigenvalue weighted by molar-refractivity contribution is -0.125. The molecule has 1 aromatic heterocycles. The van der Waals surface area contributed by atoms with Gasteiger partial charge in [-0.1, -0.05) is 30.3 Å². The summed E-state index contributed by atoms with van der Waals surface area (Å²) in [7, 11) is 0. The Kier molecular flexibility index (Phi) is 4.71. The van der Waals surface area contributed by atoms with Crippen molar-refractivity contribution in [3.05, 3.63) is 48.3 Å². The van der Waals surface area contributed by atoms with Crippen LogP contribution in [0.2, 0.25) is 0 Å². The molecule has 0 unspecified atom stereocenters. The molecule has 0 aliphatic heterocycles. The van der Waals surface area contributed by atoms with E-state index in [2.05, 4.69) is 27.9 Å². The van der Waals surface area contributed by atoms with Gasteiger partial charge in [0.15, 0.2) is 0 Å². The summed E-state index contributed by atoms with van der Waals surface area (Å²) in [5.41, 5.74) is 1.89. The molecule has 6 nitrogen and oxygen atoms in total. The van der Waals surface area contributed by atoms with E-state index in [0.717, 1.165) is 25.8 Å². The Labute approximate surface area is 134 Å². The highest BCUT2D eigenvalue weighted by Crippen LogP contribution is 2.28. The summed E-state index contributed by atoms with van der Waals surface area (Å²) < 4.78 is 1.80. The fraction of sp³-hybridized carbons (Fsp3) is 0.353. The van der Waals surface area contributed by atoms with Crippen molar-refractivity contribution in [3.8, 4) is 0 Å². The van der Waals surface area contributed by atoms with Gasteiger partial charge in [-0.2, -0.15) is 5.10 Å². The summed E-state index contributed by atoms with van der Waals surface area (Å²) in [5.74, 6) is -0.149. The summed E-state index contributed by atoms with van der Waals surface area (Å²) in [5, 5.41) is 9.61. The average Bonchev–Trinajstić information content (AvgIpc) is 3.33. The topological polar surface area (TPSA) is 76.0 Å². The number of nitrogens with one attached hydrogen (secondary N) is 2. The quantitative estimate of drug-likeness (QED) is 0.815. The number of aryl methyl sites for hydroxylation is 2. The van der Waals surface area contributed by atoms with Crippen LogP contribution in [-0.4, -0.2) is 28.1 Å². The second-order valence-corrected chi connectivity index (χ2v) is 5.77. The summed E-state index contributed by atoms with van der Waals surface area (Å²) in [6, 6.07) is 10.2. The first-order chi connectivity index (χ1) is 11.2. The van der Waals surface area contributed by atoms with Gasteiger partial charge >= 0.3 is 0 Å². The number of carbonyl (C=O) groups is 2. The molecular formula is C17H20N4O2. The summed E-state index contributed by atoms with van der Waals surface area (Å²) in [4.78, 5) is 23.3. The lowest BCUT2D eigenvalue weighted by atomic mass is 10.1.